The lowest BCUT2D eigenvalue weighted by Crippen LogP contribution is -2.48. The standard InChI is InChI=1S/C20H25N3O6S/c24-18-9-10-19(25)22(18)12-13-5-7-15(8-6-13)30(28,29)23-16-4-2-1-3-14(16)11-17(23)20(26)21-27/h5-10,14,16-17,24-25,27H,1-4,11-12H2,(H,21,26)/t14-,16-,17+/m0/s1. The van der Waals surface area contributed by atoms with E-state index in [1.54, 1.807) is 17.6 Å². The number of rotatable bonds is 5. The topological polar surface area (TPSA) is 132 Å². The molecular weight excluding hydrogens is 410 g/mol. The van der Waals surface area contributed by atoms with Crippen molar-refractivity contribution in [1.82, 2.24) is 14.4 Å². The fourth-order valence-corrected chi connectivity index (χ4v) is 6.62. The van der Waals surface area contributed by atoms with Crippen LogP contribution < -0.4 is 5.48 Å². The second kappa shape index (κ2) is 7.93. The molecule has 3 atom stereocenters. The quantitative estimate of drug-likeness (QED) is 0.418. The highest BCUT2D eigenvalue weighted by molar-refractivity contribution is 7.89. The van der Waals surface area contributed by atoms with Crippen molar-refractivity contribution in [3.8, 4) is 11.8 Å². The van der Waals surface area contributed by atoms with Crippen molar-refractivity contribution in [2.75, 3.05) is 0 Å². The maximum Gasteiger partial charge on any atom is 0.261 e. The summed E-state index contributed by atoms with van der Waals surface area (Å²) in [5.74, 6) is -0.789. The highest BCUT2D eigenvalue weighted by atomic mass is 32.2. The minimum atomic E-state index is -3.95. The van der Waals surface area contributed by atoms with Gasteiger partial charge in [-0.15, -0.1) is 0 Å². The summed E-state index contributed by atoms with van der Waals surface area (Å²) in [5.41, 5.74) is 2.31. The number of benzene rings is 1. The molecular formula is C20H25N3O6S. The van der Waals surface area contributed by atoms with Gasteiger partial charge in [0.05, 0.1) is 11.4 Å². The first-order valence-corrected chi connectivity index (χ1v) is 11.4. The van der Waals surface area contributed by atoms with Crippen LogP contribution in [0.2, 0.25) is 0 Å². The average molecular weight is 436 g/mol. The van der Waals surface area contributed by atoms with Gasteiger partial charge in [-0.1, -0.05) is 25.0 Å². The third kappa shape index (κ3) is 3.55. The minimum absolute atomic E-state index is 0.0640. The molecule has 2 heterocycles. The summed E-state index contributed by atoms with van der Waals surface area (Å²) in [7, 11) is -3.95. The number of hydrogen-bond donors (Lipinski definition) is 4. The fraction of sp³-hybridized carbons (Fsp3) is 0.450. The molecule has 1 aromatic heterocycles. The molecule has 0 spiro atoms. The largest absolute Gasteiger partial charge is 0.494 e. The van der Waals surface area contributed by atoms with Crippen molar-refractivity contribution in [3.05, 3.63) is 42.0 Å². The molecule has 1 aliphatic carbocycles. The number of hydroxylamine groups is 1. The number of nitrogens with one attached hydrogen (secondary N) is 1. The zero-order chi connectivity index (χ0) is 21.5. The van der Waals surface area contributed by atoms with Gasteiger partial charge in [0.15, 0.2) is 11.8 Å². The second-order valence-corrected chi connectivity index (χ2v) is 9.80. The van der Waals surface area contributed by atoms with Gasteiger partial charge >= 0.3 is 0 Å². The van der Waals surface area contributed by atoms with Crippen LogP contribution >= 0.6 is 0 Å². The van der Waals surface area contributed by atoms with Crippen molar-refractivity contribution in [3.63, 3.8) is 0 Å². The van der Waals surface area contributed by atoms with Crippen LogP contribution in [0.5, 0.6) is 11.8 Å². The van der Waals surface area contributed by atoms with E-state index in [0.717, 1.165) is 19.3 Å². The number of hydrogen-bond acceptors (Lipinski definition) is 6. The monoisotopic (exact) mass is 435 g/mol. The molecule has 0 unspecified atom stereocenters. The molecule has 4 rings (SSSR count). The van der Waals surface area contributed by atoms with Crippen LogP contribution in [0.1, 0.15) is 37.7 Å². The summed E-state index contributed by atoms with van der Waals surface area (Å²) in [6, 6.07) is 7.71. The summed E-state index contributed by atoms with van der Waals surface area (Å²) in [6.07, 6.45) is 3.89. The Hall–Kier alpha value is -2.56. The van der Waals surface area contributed by atoms with Gasteiger partial charge in [-0.25, -0.2) is 13.9 Å². The van der Waals surface area contributed by atoms with Crippen LogP contribution in [-0.4, -0.2) is 50.7 Å². The lowest BCUT2D eigenvalue weighted by molar-refractivity contribution is -0.132. The molecule has 1 saturated carbocycles. The predicted molar refractivity (Wildman–Crippen MR) is 106 cm³/mol. The molecule has 1 saturated heterocycles. The van der Waals surface area contributed by atoms with Crippen LogP contribution in [0.15, 0.2) is 41.3 Å². The summed E-state index contributed by atoms with van der Waals surface area (Å²) >= 11 is 0. The third-order valence-electron chi connectivity index (χ3n) is 6.22. The number of fused-ring (bicyclic) bond motifs is 1. The maximum absolute atomic E-state index is 13.4. The van der Waals surface area contributed by atoms with Gasteiger partial charge in [0.2, 0.25) is 10.0 Å². The molecule has 1 amide bonds. The predicted octanol–water partition coefficient (Wildman–Crippen LogP) is 1.77. The molecule has 2 aliphatic rings. The average Bonchev–Trinajstić information content (AvgIpc) is 3.29. The summed E-state index contributed by atoms with van der Waals surface area (Å²) < 4.78 is 29.4. The van der Waals surface area contributed by atoms with E-state index < -0.39 is 22.0 Å². The zero-order valence-corrected chi connectivity index (χ0v) is 17.1. The number of sulfonamides is 1. The number of aromatic nitrogens is 1. The Balaban J connectivity index is 1.62. The van der Waals surface area contributed by atoms with Crippen molar-refractivity contribution in [2.45, 2.75) is 55.6 Å². The highest BCUT2D eigenvalue weighted by Gasteiger charge is 2.50. The van der Waals surface area contributed by atoms with Gasteiger partial charge in [0.25, 0.3) is 5.91 Å². The number of nitrogens with zero attached hydrogens (tertiary/aromatic N) is 2. The van der Waals surface area contributed by atoms with Crippen LogP contribution in [0.3, 0.4) is 0 Å². The Kier molecular flexibility index (Phi) is 5.48. The van der Waals surface area contributed by atoms with Gasteiger partial charge in [-0.3, -0.25) is 14.6 Å². The molecule has 0 radical (unpaired) electrons. The first-order chi connectivity index (χ1) is 14.3. The summed E-state index contributed by atoms with van der Waals surface area (Å²) in [4.78, 5) is 12.3. The minimum Gasteiger partial charge on any atom is -0.494 e. The Labute approximate surface area is 174 Å². The molecule has 1 aromatic carbocycles. The molecule has 4 N–H and O–H groups in total. The smallest absolute Gasteiger partial charge is 0.261 e. The van der Waals surface area contributed by atoms with Gasteiger partial charge in [-0.05, 0) is 42.9 Å². The third-order valence-corrected chi connectivity index (χ3v) is 8.16. The SMILES string of the molecule is O=C(NO)[C@H]1C[C@@H]2CCCC[C@@H]2N1S(=O)(=O)c1ccc(Cn2c(O)ccc2O)cc1. The van der Waals surface area contributed by atoms with Crippen LogP contribution in [-0.2, 0) is 21.4 Å². The van der Waals surface area contributed by atoms with Crippen molar-refractivity contribution in [2.24, 2.45) is 5.92 Å². The van der Waals surface area contributed by atoms with E-state index >= 15 is 0 Å². The lowest BCUT2D eigenvalue weighted by Gasteiger charge is -2.32. The first-order valence-electron chi connectivity index (χ1n) is 9.97. The van der Waals surface area contributed by atoms with Gasteiger partial charge in [0.1, 0.15) is 6.04 Å². The Morgan fingerprint density at radius 1 is 1.03 bits per heavy atom. The van der Waals surface area contributed by atoms with Crippen LogP contribution in [0.4, 0.5) is 0 Å². The van der Waals surface area contributed by atoms with Gasteiger partial charge in [-0.2, -0.15) is 4.31 Å². The van der Waals surface area contributed by atoms with E-state index in [-0.39, 0.29) is 35.2 Å². The summed E-state index contributed by atoms with van der Waals surface area (Å²) in [5, 5.41) is 28.7. The molecule has 30 heavy (non-hydrogen) atoms. The molecule has 0 bridgehead atoms. The van der Waals surface area contributed by atoms with Crippen LogP contribution in [0, 0.1) is 5.92 Å². The van der Waals surface area contributed by atoms with E-state index in [2.05, 4.69) is 0 Å². The molecule has 2 fully saturated rings. The van der Waals surface area contributed by atoms with Crippen molar-refractivity contribution < 1.29 is 28.6 Å². The Bertz CT molecular complexity index is 1010. The van der Waals surface area contributed by atoms with E-state index in [0.29, 0.717) is 18.4 Å². The normalized spacial score (nSPS) is 24.5. The van der Waals surface area contributed by atoms with E-state index in [9.17, 15) is 23.4 Å². The van der Waals surface area contributed by atoms with Gasteiger partial charge < -0.3 is 10.2 Å². The zero-order valence-electron chi connectivity index (χ0n) is 16.3. The van der Waals surface area contributed by atoms with E-state index in [1.807, 2.05) is 0 Å². The number of carbonyl (C=O) groups is 1. The maximum atomic E-state index is 13.4. The second-order valence-electron chi connectivity index (χ2n) is 7.95. The number of carbonyl (C=O) groups excluding carboxylic acids is 1. The van der Waals surface area contributed by atoms with Gasteiger partial charge in [0, 0.05) is 18.2 Å². The Morgan fingerprint density at radius 3 is 2.30 bits per heavy atom. The van der Waals surface area contributed by atoms with E-state index in [4.69, 9.17) is 5.21 Å². The van der Waals surface area contributed by atoms with E-state index in [1.165, 1.54) is 33.1 Å². The summed E-state index contributed by atoms with van der Waals surface area (Å²) in [6.45, 7) is 0.176. The van der Waals surface area contributed by atoms with Crippen molar-refractivity contribution in [1.29, 1.82) is 0 Å². The lowest BCUT2D eigenvalue weighted by atomic mass is 9.85. The fourth-order valence-electron chi connectivity index (χ4n) is 4.74. The molecule has 10 heteroatoms. The molecule has 162 valence electrons. The highest BCUT2D eigenvalue weighted by Crippen LogP contribution is 2.42. The number of amides is 1. The molecule has 2 aromatic rings. The Morgan fingerprint density at radius 2 is 1.67 bits per heavy atom. The van der Waals surface area contributed by atoms with Crippen molar-refractivity contribution >= 4 is 15.9 Å². The number of aromatic hydroxyl groups is 2. The first kappa shape index (κ1) is 20.7. The van der Waals surface area contributed by atoms with Crippen LogP contribution in [0.25, 0.3) is 0 Å². The molecule has 1 aliphatic heterocycles. The molecule has 9 nitrogen and oxygen atoms in total.